The quantitative estimate of drug-likeness (QED) is 0.565. The fourth-order valence-corrected chi connectivity index (χ4v) is 3.31. The number of aryl methyl sites for hydroxylation is 1. The molecule has 0 saturated heterocycles. The summed E-state index contributed by atoms with van der Waals surface area (Å²) in [4.78, 5) is 37.8. The largest absolute Gasteiger partial charge is 0.456 e. The minimum absolute atomic E-state index is 0.266. The van der Waals surface area contributed by atoms with E-state index in [1.54, 1.807) is 62.7 Å². The van der Waals surface area contributed by atoms with Gasteiger partial charge >= 0.3 is 6.03 Å². The molecule has 0 aliphatic rings. The second kappa shape index (κ2) is 9.63. The van der Waals surface area contributed by atoms with Crippen LogP contribution >= 0.6 is 11.3 Å². The van der Waals surface area contributed by atoms with Crippen molar-refractivity contribution < 1.29 is 19.1 Å². The zero-order valence-corrected chi connectivity index (χ0v) is 18.4. The van der Waals surface area contributed by atoms with Crippen LogP contribution in [0.5, 0.6) is 11.5 Å². The van der Waals surface area contributed by atoms with Crippen LogP contribution in [-0.4, -0.2) is 39.1 Å². The number of nitrogens with zero attached hydrogens (tertiary/aromatic N) is 3. The number of ether oxygens (including phenoxy) is 2. The molecule has 162 valence electrons. The third-order valence-electron chi connectivity index (χ3n) is 4.10. The molecule has 3 heterocycles. The van der Waals surface area contributed by atoms with Gasteiger partial charge < -0.3 is 9.47 Å². The minimum atomic E-state index is -1.11. The van der Waals surface area contributed by atoms with Crippen molar-refractivity contribution in [1.82, 2.24) is 20.3 Å². The van der Waals surface area contributed by atoms with E-state index in [2.05, 4.69) is 25.6 Å². The lowest BCUT2D eigenvalue weighted by Gasteiger charge is -2.22. The summed E-state index contributed by atoms with van der Waals surface area (Å²) in [5, 5.41) is 5.70. The zero-order chi connectivity index (χ0) is 22.4. The highest BCUT2D eigenvalue weighted by atomic mass is 32.1. The van der Waals surface area contributed by atoms with Crippen molar-refractivity contribution >= 4 is 29.1 Å². The molecule has 31 heavy (non-hydrogen) atoms. The van der Waals surface area contributed by atoms with E-state index in [4.69, 9.17) is 9.47 Å². The molecule has 3 rings (SSSR count). The van der Waals surface area contributed by atoms with E-state index in [0.29, 0.717) is 18.1 Å². The summed E-state index contributed by atoms with van der Waals surface area (Å²) in [5.41, 5.74) is -0.343. The average molecular weight is 442 g/mol. The summed E-state index contributed by atoms with van der Waals surface area (Å²) in [6, 6.07) is 6.09. The summed E-state index contributed by atoms with van der Waals surface area (Å²) < 4.78 is 11.1. The Morgan fingerprint density at radius 3 is 2.55 bits per heavy atom. The molecule has 10 heteroatoms. The topological polar surface area (TPSA) is 115 Å². The molecule has 0 bridgehead atoms. The van der Waals surface area contributed by atoms with Gasteiger partial charge in [-0.1, -0.05) is 0 Å². The highest BCUT2D eigenvalue weighted by Gasteiger charge is 2.29. The molecule has 3 aromatic heterocycles. The van der Waals surface area contributed by atoms with Gasteiger partial charge in [0.15, 0.2) is 0 Å². The standard InChI is InChI=1S/C21H23N5O4S/c1-5-29-21(3,4)19(27)26-20(28)25-18-7-6-15(11-24-18)30-14-8-9-22-16(10-14)17-12-23-13(2)31-17/h6-12H,5H2,1-4H3,(H2,24,25,26,27,28). The van der Waals surface area contributed by atoms with Crippen LogP contribution in [0, 0.1) is 6.92 Å². The van der Waals surface area contributed by atoms with E-state index in [9.17, 15) is 9.59 Å². The molecule has 0 fully saturated rings. The molecule has 0 saturated carbocycles. The molecular formula is C21H23N5O4S. The third kappa shape index (κ3) is 6.06. The van der Waals surface area contributed by atoms with Gasteiger partial charge in [0.25, 0.3) is 5.91 Å². The predicted molar refractivity (Wildman–Crippen MR) is 117 cm³/mol. The molecule has 0 aliphatic heterocycles. The first kappa shape index (κ1) is 22.3. The number of amides is 3. The number of thiazole rings is 1. The highest BCUT2D eigenvalue weighted by Crippen LogP contribution is 2.28. The number of rotatable bonds is 7. The molecule has 0 aromatic carbocycles. The smallest absolute Gasteiger partial charge is 0.327 e. The van der Waals surface area contributed by atoms with Gasteiger partial charge in [0.2, 0.25) is 0 Å². The van der Waals surface area contributed by atoms with E-state index in [0.717, 1.165) is 15.6 Å². The first-order valence-corrected chi connectivity index (χ1v) is 10.4. The Morgan fingerprint density at radius 1 is 1.10 bits per heavy atom. The number of carbonyl (C=O) groups excluding carboxylic acids is 2. The molecule has 0 aliphatic carbocycles. The van der Waals surface area contributed by atoms with Crippen molar-refractivity contribution in [2.24, 2.45) is 0 Å². The van der Waals surface area contributed by atoms with E-state index >= 15 is 0 Å². The first-order valence-electron chi connectivity index (χ1n) is 9.56. The van der Waals surface area contributed by atoms with E-state index < -0.39 is 17.5 Å². The maximum atomic E-state index is 12.1. The SMILES string of the molecule is CCOC(C)(C)C(=O)NC(=O)Nc1ccc(Oc2ccnc(-c3cnc(C)s3)c2)cn1. The number of pyridine rings is 2. The Labute approximate surface area is 183 Å². The zero-order valence-electron chi connectivity index (χ0n) is 17.6. The predicted octanol–water partition coefficient (Wildman–Crippen LogP) is 4.16. The minimum Gasteiger partial charge on any atom is -0.456 e. The lowest BCUT2D eigenvalue weighted by atomic mass is 10.1. The van der Waals surface area contributed by atoms with Crippen molar-refractivity contribution in [3.05, 3.63) is 47.9 Å². The lowest BCUT2D eigenvalue weighted by molar-refractivity contribution is -0.140. The normalized spacial score (nSPS) is 11.1. The van der Waals surface area contributed by atoms with Gasteiger partial charge in [0.1, 0.15) is 22.9 Å². The van der Waals surface area contributed by atoms with Gasteiger partial charge in [-0.15, -0.1) is 11.3 Å². The van der Waals surface area contributed by atoms with Crippen molar-refractivity contribution in [3.63, 3.8) is 0 Å². The Hall–Kier alpha value is -3.37. The van der Waals surface area contributed by atoms with Crippen molar-refractivity contribution in [2.45, 2.75) is 33.3 Å². The number of carbonyl (C=O) groups is 2. The number of nitrogens with one attached hydrogen (secondary N) is 2. The molecule has 0 unspecified atom stereocenters. The van der Waals surface area contributed by atoms with Gasteiger partial charge in [0, 0.05) is 25.1 Å². The summed E-state index contributed by atoms with van der Waals surface area (Å²) >= 11 is 1.55. The van der Waals surface area contributed by atoms with Crippen LogP contribution in [0.2, 0.25) is 0 Å². The summed E-state index contributed by atoms with van der Waals surface area (Å²) in [6.07, 6.45) is 4.91. The maximum Gasteiger partial charge on any atom is 0.327 e. The number of aromatic nitrogens is 3. The molecular weight excluding hydrogens is 418 g/mol. The van der Waals surface area contributed by atoms with Crippen LogP contribution in [0.25, 0.3) is 10.6 Å². The molecule has 3 aromatic rings. The average Bonchev–Trinajstić information content (AvgIpc) is 3.16. The van der Waals surface area contributed by atoms with Crippen LogP contribution in [0.15, 0.2) is 42.9 Å². The van der Waals surface area contributed by atoms with Crippen molar-refractivity contribution in [1.29, 1.82) is 0 Å². The molecule has 3 amide bonds. The van der Waals surface area contributed by atoms with E-state index in [1.165, 1.54) is 6.20 Å². The second-order valence-electron chi connectivity index (χ2n) is 6.95. The van der Waals surface area contributed by atoms with Gasteiger partial charge in [0.05, 0.1) is 21.8 Å². The van der Waals surface area contributed by atoms with Crippen LogP contribution in [-0.2, 0) is 9.53 Å². The Balaban J connectivity index is 1.59. The molecule has 0 spiro atoms. The van der Waals surface area contributed by atoms with Crippen LogP contribution < -0.4 is 15.4 Å². The van der Waals surface area contributed by atoms with Crippen LogP contribution in [0.3, 0.4) is 0 Å². The third-order valence-corrected chi connectivity index (χ3v) is 5.03. The van der Waals surface area contributed by atoms with Gasteiger partial charge in [-0.2, -0.15) is 0 Å². The van der Waals surface area contributed by atoms with Gasteiger partial charge in [-0.05, 0) is 45.9 Å². The maximum absolute atomic E-state index is 12.1. The number of urea groups is 1. The number of anilines is 1. The lowest BCUT2D eigenvalue weighted by Crippen LogP contribution is -2.48. The van der Waals surface area contributed by atoms with Gasteiger partial charge in [-0.3, -0.25) is 20.4 Å². The van der Waals surface area contributed by atoms with E-state index in [1.807, 2.05) is 13.0 Å². The molecule has 0 atom stereocenters. The monoisotopic (exact) mass is 441 g/mol. The number of hydrogen-bond donors (Lipinski definition) is 2. The number of hydrogen-bond acceptors (Lipinski definition) is 8. The van der Waals surface area contributed by atoms with Crippen molar-refractivity contribution in [2.75, 3.05) is 11.9 Å². The second-order valence-corrected chi connectivity index (χ2v) is 8.19. The molecule has 2 N–H and O–H groups in total. The fraction of sp³-hybridized carbons (Fsp3) is 0.286. The Kier molecular flexibility index (Phi) is 6.93. The summed E-state index contributed by atoms with van der Waals surface area (Å²) in [5.74, 6) is 0.802. The number of imide groups is 1. The molecule has 9 nitrogen and oxygen atoms in total. The first-order chi connectivity index (χ1) is 14.8. The van der Waals surface area contributed by atoms with Crippen molar-refractivity contribution in [3.8, 4) is 22.1 Å². The highest BCUT2D eigenvalue weighted by molar-refractivity contribution is 7.15. The summed E-state index contributed by atoms with van der Waals surface area (Å²) in [7, 11) is 0. The summed E-state index contributed by atoms with van der Waals surface area (Å²) in [6.45, 7) is 7.24. The fourth-order valence-electron chi connectivity index (χ4n) is 2.57. The van der Waals surface area contributed by atoms with Crippen LogP contribution in [0.4, 0.5) is 10.6 Å². The Bertz CT molecular complexity index is 1070. The van der Waals surface area contributed by atoms with Gasteiger partial charge in [-0.25, -0.2) is 14.8 Å². The Morgan fingerprint density at radius 2 is 1.90 bits per heavy atom. The molecule has 0 radical (unpaired) electrons. The van der Waals surface area contributed by atoms with Crippen LogP contribution in [0.1, 0.15) is 25.8 Å². The van der Waals surface area contributed by atoms with E-state index in [-0.39, 0.29) is 5.82 Å².